The topological polar surface area (TPSA) is 91.2 Å². The Kier molecular flexibility index (Phi) is 5.78. The van der Waals surface area contributed by atoms with Crippen LogP contribution >= 0.6 is 0 Å². The van der Waals surface area contributed by atoms with Gasteiger partial charge in [-0.15, -0.1) is 0 Å². The van der Waals surface area contributed by atoms with Crippen molar-refractivity contribution in [1.29, 1.82) is 0 Å². The van der Waals surface area contributed by atoms with Gasteiger partial charge < -0.3 is 14.9 Å². The fraction of sp³-hybridized carbons (Fsp3) is 0.222. The highest BCUT2D eigenvalue weighted by Crippen LogP contribution is 2.23. The van der Waals surface area contributed by atoms with Crippen LogP contribution < -0.4 is 10.2 Å². The van der Waals surface area contributed by atoms with Crippen LogP contribution in [0, 0.1) is 0 Å². The summed E-state index contributed by atoms with van der Waals surface area (Å²) in [5.41, 5.74) is 3.52. The summed E-state index contributed by atoms with van der Waals surface area (Å²) in [5.74, 6) is 0.0440. The van der Waals surface area contributed by atoms with Crippen LogP contribution in [0.5, 0.6) is 17.2 Å². The molecule has 6 nitrogen and oxygen atoms in total. The molecule has 0 atom stereocenters. The number of benzene rings is 2. The molecular formula is C18H20N2O4. The van der Waals surface area contributed by atoms with Gasteiger partial charge in [-0.1, -0.05) is 19.1 Å². The molecule has 0 unspecified atom stereocenters. The number of carbonyl (C=O) groups is 1. The van der Waals surface area contributed by atoms with Crippen molar-refractivity contribution in [2.24, 2.45) is 5.10 Å². The van der Waals surface area contributed by atoms with Crippen molar-refractivity contribution < 1.29 is 19.7 Å². The van der Waals surface area contributed by atoms with Gasteiger partial charge in [0.25, 0.3) is 5.91 Å². The molecule has 0 aromatic heterocycles. The SMILES string of the molecule is CCCOc1ccccc1C(=O)N/N=C(/C)c1cc(O)ccc1O. The maximum absolute atomic E-state index is 12.3. The Hall–Kier alpha value is -3.02. The number of nitrogens with zero attached hydrogens (tertiary/aromatic N) is 1. The van der Waals surface area contributed by atoms with Crippen molar-refractivity contribution in [1.82, 2.24) is 5.43 Å². The van der Waals surface area contributed by atoms with E-state index in [0.29, 0.717) is 29.2 Å². The van der Waals surface area contributed by atoms with E-state index in [-0.39, 0.29) is 11.5 Å². The van der Waals surface area contributed by atoms with Gasteiger partial charge in [0.15, 0.2) is 0 Å². The summed E-state index contributed by atoms with van der Waals surface area (Å²) in [4.78, 5) is 12.3. The first-order valence-corrected chi connectivity index (χ1v) is 7.61. The lowest BCUT2D eigenvalue weighted by molar-refractivity contribution is 0.0950. The van der Waals surface area contributed by atoms with E-state index in [1.165, 1.54) is 18.2 Å². The van der Waals surface area contributed by atoms with E-state index in [2.05, 4.69) is 10.5 Å². The summed E-state index contributed by atoms with van der Waals surface area (Å²) in [7, 11) is 0. The smallest absolute Gasteiger partial charge is 0.275 e. The van der Waals surface area contributed by atoms with Gasteiger partial charge in [0.1, 0.15) is 17.2 Å². The average molecular weight is 328 g/mol. The fourth-order valence-electron chi connectivity index (χ4n) is 2.06. The number of hydrogen-bond donors (Lipinski definition) is 3. The molecule has 1 amide bonds. The summed E-state index contributed by atoms with van der Waals surface area (Å²) in [6.07, 6.45) is 0.837. The minimum absolute atomic E-state index is 0.00184. The minimum atomic E-state index is -0.416. The predicted molar refractivity (Wildman–Crippen MR) is 91.7 cm³/mol. The molecule has 24 heavy (non-hydrogen) atoms. The molecule has 0 saturated carbocycles. The molecule has 2 aromatic carbocycles. The van der Waals surface area contributed by atoms with Crippen LogP contribution in [0.25, 0.3) is 0 Å². The van der Waals surface area contributed by atoms with Gasteiger partial charge in [0.05, 0.1) is 17.9 Å². The number of hydrazone groups is 1. The third kappa shape index (κ3) is 4.25. The van der Waals surface area contributed by atoms with Crippen molar-refractivity contribution in [3.63, 3.8) is 0 Å². The lowest BCUT2D eigenvalue weighted by atomic mass is 10.1. The molecule has 0 aliphatic carbocycles. The quantitative estimate of drug-likeness (QED) is 0.432. The van der Waals surface area contributed by atoms with Gasteiger partial charge in [-0.3, -0.25) is 4.79 Å². The number of amides is 1. The molecule has 0 spiro atoms. The number of phenols is 2. The Bertz CT molecular complexity index is 756. The Balaban J connectivity index is 2.16. The van der Waals surface area contributed by atoms with Crippen LogP contribution in [0.1, 0.15) is 36.2 Å². The highest BCUT2D eigenvalue weighted by molar-refractivity contribution is 6.03. The molecular weight excluding hydrogens is 308 g/mol. The summed E-state index contributed by atoms with van der Waals surface area (Å²) < 4.78 is 5.55. The van der Waals surface area contributed by atoms with Crippen LogP contribution in [0.4, 0.5) is 0 Å². The highest BCUT2D eigenvalue weighted by atomic mass is 16.5. The number of nitrogens with one attached hydrogen (secondary N) is 1. The molecule has 3 N–H and O–H groups in total. The number of carbonyl (C=O) groups excluding carboxylic acids is 1. The van der Waals surface area contributed by atoms with Crippen LogP contribution in [-0.4, -0.2) is 28.4 Å². The number of para-hydroxylation sites is 1. The lowest BCUT2D eigenvalue weighted by Crippen LogP contribution is -2.20. The molecule has 0 heterocycles. The minimum Gasteiger partial charge on any atom is -0.508 e. The second kappa shape index (κ2) is 8.01. The van der Waals surface area contributed by atoms with Crippen molar-refractivity contribution >= 4 is 11.6 Å². The number of hydrogen-bond acceptors (Lipinski definition) is 5. The number of rotatable bonds is 6. The molecule has 0 aliphatic heterocycles. The summed E-state index contributed by atoms with van der Waals surface area (Å²) in [6.45, 7) is 4.12. The van der Waals surface area contributed by atoms with Gasteiger partial charge >= 0.3 is 0 Å². The van der Waals surface area contributed by atoms with Crippen molar-refractivity contribution in [3.8, 4) is 17.2 Å². The second-order valence-corrected chi connectivity index (χ2v) is 5.18. The molecule has 0 aliphatic rings. The van der Waals surface area contributed by atoms with E-state index in [0.717, 1.165) is 6.42 Å². The average Bonchev–Trinajstić information content (AvgIpc) is 2.59. The summed E-state index contributed by atoms with van der Waals surface area (Å²) in [5, 5.41) is 23.3. The zero-order valence-corrected chi connectivity index (χ0v) is 13.6. The number of aromatic hydroxyl groups is 2. The Morgan fingerprint density at radius 2 is 1.92 bits per heavy atom. The van der Waals surface area contributed by atoms with Gasteiger partial charge in [0.2, 0.25) is 0 Å². The Labute approximate surface area is 140 Å². The highest BCUT2D eigenvalue weighted by Gasteiger charge is 2.12. The van der Waals surface area contributed by atoms with E-state index in [1.54, 1.807) is 31.2 Å². The van der Waals surface area contributed by atoms with E-state index in [4.69, 9.17) is 4.74 Å². The number of phenolic OH excluding ortho intramolecular Hbond substituents is 2. The molecule has 0 bridgehead atoms. The monoisotopic (exact) mass is 328 g/mol. The molecule has 0 radical (unpaired) electrons. The van der Waals surface area contributed by atoms with Crippen LogP contribution in [0.15, 0.2) is 47.6 Å². The van der Waals surface area contributed by atoms with Crippen molar-refractivity contribution in [2.45, 2.75) is 20.3 Å². The zero-order chi connectivity index (χ0) is 17.5. The molecule has 0 fully saturated rings. The third-order valence-electron chi connectivity index (χ3n) is 3.29. The maximum atomic E-state index is 12.3. The van der Waals surface area contributed by atoms with Gasteiger partial charge in [-0.25, -0.2) is 5.43 Å². The first-order chi connectivity index (χ1) is 11.5. The van der Waals surface area contributed by atoms with Crippen LogP contribution in [-0.2, 0) is 0 Å². The molecule has 0 saturated heterocycles. The van der Waals surface area contributed by atoms with E-state index >= 15 is 0 Å². The molecule has 2 aromatic rings. The maximum Gasteiger partial charge on any atom is 0.275 e. The summed E-state index contributed by atoms with van der Waals surface area (Å²) >= 11 is 0. The van der Waals surface area contributed by atoms with Gasteiger partial charge in [-0.05, 0) is 43.7 Å². The lowest BCUT2D eigenvalue weighted by Gasteiger charge is -2.10. The Morgan fingerprint density at radius 1 is 1.17 bits per heavy atom. The second-order valence-electron chi connectivity index (χ2n) is 5.18. The largest absolute Gasteiger partial charge is 0.508 e. The van der Waals surface area contributed by atoms with E-state index in [1.807, 2.05) is 6.92 Å². The molecule has 2 rings (SSSR count). The normalized spacial score (nSPS) is 11.2. The fourth-order valence-corrected chi connectivity index (χ4v) is 2.06. The van der Waals surface area contributed by atoms with E-state index in [9.17, 15) is 15.0 Å². The zero-order valence-electron chi connectivity index (χ0n) is 13.6. The van der Waals surface area contributed by atoms with Gasteiger partial charge in [0, 0.05) is 5.56 Å². The van der Waals surface area contributed by atoms with Crippen LogP contribution in [0.2, 0.25) is 0 Å². The standard InChI is InChI=1S/C18H20N2O4/c1-3-10-24-17-7-5-4-6-14(17)18(23)20-19-12(2)15-11-13(21)8-9-16(15)22/h4-9,11,21-22H,3,10H2,1-2H3,(H,20,23)/b19-12-. The van der Waals surface area contributed by atoms with Crippen molar-refractivity contribution in [3.05, 3.63) is 53.6 Å². The molecule has 6 heteroatoms. The van der Waals surface area contributed by atoms with Gasteiger partial charge in [-0.2, -0.15) is 5.10 Å². The predicted octanol–water partition coefficient (Wildman–Crippen LogP) is 3.04. The first-order valence-electron chi connectivity index (χ1n) is 7.61. The number of ether oxygens (including phenoxy) is 1. The van der Waals surface area contributed by atoms with Crippen molar-refractivity contribution in [2.75, 3.05) is 6.61 Å². The summed E-state index contributed by atoms with van der Waals surface area (Å²) in [6, 6.07) is 11.0. The van der Waals surface area contributed by atoms with E-state index < -0.39 is 5.91 Å². The van der Waals surface area contributed by atoms with Crippen LogP contribution in [0.3, 0.4) is 0 Å². The first kappa shape index (κ1) is 17.3. The Morgan fingerprint density at radius 3 is 2.67 bits per heavy atom. The third-order valence-corrected chi connectivity index (χ3v) is 3.29. The molecule has 126 valence electrons.